The molecule has 5 heteroatoms. The van der Waals surface area contributed by atoms with E-state index in [-0.39, 0.29) is 0 Å². The second-order valence-corrected chi connectivity index (χ2v) is 16.6. The summed E-state index contributed by atoms with van der Waals surface area (Å²) in [5.74, 6) is 1.91. The van der Waals surface area contributed by atoms with Crippen LogP contribution in [0, 0.1) is 0 Å². The van der Waals surface area contributed by atoms with Gasteiger partial charge in [-0.15, -0.1) is 11.3 Å². The molecule has 0 saturated carbocycles. The summed E-state index contributed by atoms with van der Waals surface area (Å²) in [6.45, 7) is 0. The number of thiophene rings is 1. The Labute approximate surface area is 349 Å². The molecule has 0 N–H and O–H groups in total. The fraction of sp³-hybridized carbons (Fsp3) is 0. The highest BCUT2D eigenvalue weighted by molar-refractivity contribution is 7.26. The zero-order valence-electron chi connectivity index (χ0n) is 32.2. The van der Waals surface area contributed by atoms with Crippen molar-refractivity contribution in [2.75, 3.05) is 0 Å². The van der Waals surface area contributed by atoms with Crippen molar-refractivity contribution in [3.05, 3.63) is 194 Å². The Morgan fingerprint density at radius 1 is 0.333 bits per heavy atom. The molecule has 0 atom stereocenters. The van der Waals surface area contributed by atoms with Crippen molar-refractivity contribution in [3.8, 4) is 73.2 Å². The lowest BCUT2D eigenvalue weighted by molar-refractivity contribution is 1.07. The van der Waals surface area contributed by atoms with Crippen LogP contribution < -0.4 is 0 Å². The second-order valence-electron chi connectivity index (χ2n) is 15.6. The molecule has 13 rings (SSSR count). The number of fused-ring (bicyclic) bond motifs is 10. The number of hydrogen-bond acceptors (Lipinski definition) is 4. The van der Waals surface area contributed by atoms with Gasteiger partial charge < -0.3 is 4.57 Å². The molecule has 0 amide bonds. The number of hydrogen-bond donors (Lipinski definition) is 0. The lowest BCUT2D eigenvalue weighted by atomic mass is 9.98. The van der Waals surface area contributed by atoms with Gasteiger partial charge in [0.15, 0.2) is 17.5 Å². The van der Waals surface area contributed by atoms with Crippen LogP contribution in [0.1, 0.15) is 0 Å². The van der Waals surface area contributed by atoms with Crippen molar-refractivity contribution >= 4 is 64.1 Å². The van der Waals surface area contributed by atoms with Gasteiger partial charge in [0.05, 0.1) is 11.0 Å². The smallest absolute Gasteiger partial charge is 0.164 e. The highest BCUT2D eigenvalue weighted by atomic mass is 32.1. The van der Waals surface area contributed by atoms with Crippen LogP contribution >= 0.6 is 11.3 Å². The Balaban J connectivity index is 0.944. The molecule has 0 fully saturated rings. The van der Waals surface area contributed by atoms with Gasteiger partial charge in [0.2, 0.25) is 0 Å². The minimum absolute atomic E-state index is 0.633. The topological polar surface area (TPSA) is 43.6 Å². The van der Waals surface area contributed by atoms with Gasteiger partial charge in [-0.2, -0.15) is 0 Å². The number of para-hydroxylation sites is 2. The third-order valence-corrected chi connectivity index (χ3v) is 13.4. The number of aromatic nitrogens is 4. The largest absolute Gasteiger partial charge is 0.309 e. The first-order chi connectivity index (χ1) is 29.7. The first kappa shape index (κ1) is 33.3. The monoisotopic (exact) mass is 780 g/mol. The molecule has 278 valence electrons. The van der Waals surface area contributed by atoms with E-state index in [1.54, 1.807) is 0 Å². The standard InChI is InChI=1S/C55H32N4S/c1-3-13-33(14-4-1)53-56-54(58-55(57-53)37-26-27-42-41-21-9-10-24-48(41)59(49(42)30-37)38-17-5-2-6-18-38)36-16-11-15-34(29-36)35-25-28-43-47-32-46-40-20-8-7-19-39(40)44-22-12-23-45(51(44)46)52(47)60-50(43)31-35/h1-32H. The van der Waals surface area contributed by atoms with E-state index in [2.05, 4.69) is 180 Å². The van der Waals surface area contributed by atoms with Crippen molar-refractivity contribution < 1.29 is 0 Å². The Morgan fingerprint density at radius 2 is 0.900 bits per heavy atom. The summed E-state index contributed by atoms with van der Waals surface area (Å²) in [4.78, 5) is 15.4. The molecular weight excluding hydrogens is 749 g/mol. The van der Waals surface area contributed by atoms with Crippen LogP contribution in [0.25, 0.3) is 126 Å². The maximum absolute atomic E-state index is 5.21. The fourth-order valence-electron chi connectivity index (χ4n) is 9.43. The van der Waals surface area contributed by atoms with Crippen molar-refractivity contribution in [2.24, 2.45) is 0 Å². The summed E-state index contributed by atoms with van der Waals surface area (Å²) in [6, 6.07) is 69.5. The van der Waals surface area contributed by atoms with Crippen molar-refractivity contribution in [1.82, 2.24) is 19.5 Å². The first-order valence-corrected chi connectivity index (χ1v) is 21.1. The molecule has 4 nitrogen and oxygen atoms in total. The predicted molar refractivity (Wildman–Crippen MR) is 251 cm³/mol. The average Bonchev–Trinajstić information content (AvgIpc) is 3.97. The maximum atomic E-state index is 5.21. The number of benzene rings is 9. The Kier molecular flexibility index (Phi) is 7.14. The molecule has 9 aromatic carbocycles. The molecule has 12 aromatic rings. The molecule has 0 bridgehead atoms. The lowest BCUT2D eigenvalue weighted by Gasteiger charge is -2.11. The van der Waals surface area contributed by atoms with E-state index in [0.29, 0.717) is 17.5 Å². The highest BCUT2D eigenvalue weighted by Crippen LogP contribution is 2.52. The molecule has 1 aliphatic carbocycles. The molecule has 3 heterocycles. The molecular formula is C55H32N4S. The average molecular weight is 781 g/mol. The van der Waals surface area contributed by atoms with Crippen LogP contribution in [0.5, 0.6) is 0 Å². The van der Waals surface area contributed by atoms with E-state index in [0.717, 1.165) is 44.5 Å². The summed E-state index contributed by atoms with van der Waals surface area (Å²) < 4.78 is 4.96. The summed E-state index contributed by atoms with van der Waals surface area (Å²) in [5, 5.41) is 7.71. The highest BCUT2D eigenvalue weighted by Gasteiger charge is 2.24. The van der Waals surface area contributed by atoms with Crippen LogP contribution in [0.4, 0.5) is 0 Å². The summed E-state index contributed by atoms with van der Waals surface area (Å²) in [6.07, 6.45) is 0. The molecule has 3 aromatic heterocycles. The van der Waals surface area contributed by atoms with Gasteiger partial charge in [0, 0.05) is 58.7 Å². The first-order valence-electron chi connectivity index (χ1n) is 20.3. The van der Waals surface area contributed by atoms with Crippen LogP contribution in [-0.2, 0) is 0 Å². The normalized spacial score (nSPS) is 12.0. The minimum Gasteiger partial charge on any atom is -0.309 e. The quantitative estimate of drug-likeness (QED) is 0.175. The van der Waals surface area contributed by atoms with Crippen molar-refractivity contribution in [2.45, 2.75) is 0 Å². The predicted octanol–water partition coefficient (Wildman–Crippen LogP) is 14.8. The maximum Gasteiger partial charge on any atom is 0.164 e. The van der Waals surface area contributed by atoms with Crippen molar-refractivity contribution in [3.63, 3.8) is 0 Å². The van der Waals surface area contributed by atoms with Gasteiger partial charge in [0.1, 0.15) is 0 Å². The van der Waals surface area contributed by atoms with E-state index in [9.17, 15) is 0 Å². The van der Waals surface area contributed by atoms with Gasteiger partial charge in [0.25, 0.3) is 0 Å². The van der Waals surface area contributed by atoms with E-state index in [4.69, 9.17) is 15.0 Å². The molecule has 60 heavy (non-hydrogen) atoms. The van der Waals surface area contributed by atoms with E-state index in [1.807, 2.05) is 29.5 Å². The van der Waals surface area contributed by atoms with E-state index in [1.165, 1.54) is 64.0 Å². The number of nitrogens with zero attached hydrogens (tertiary/aromatic N) is 4. The van der Waals surface area contributed by atoms with Gasteiger partial charge in [-0.25, -0.2) is 15.0 Å². The number of rotatable bonds is 5. The summed E-state index contributed by atoms with van der Waals surface area (Å²) >= 11 is 1.89. The van der Waals surface area contributed by atoms with E-state index < -0.39 is 0 Å². The van der Waals surface area contributed by atoms with Gasteiger partial charge in [-0.3, -0.25) is 0 Å². The zero-order valence-corrected chi connectivity index (χ0v) is 33.0. The Bertz CT molecular complexity index is 3710. The summed E-state index contributed by atoms with van der Waals surface area (Å²) in [7, 11) is 0. The lowest BCUT2D eigenvalue weighted by Crippen LogP contribution is -2.00. The Morgan fingerprint density at radius 3 is 1.73 bits per heavy atom. The molecule has 0 radical (unpaired) electrons. The summed E-state index contributed by atoms with van der Waals surface area (Å²) in [5.41, 5.74) is 13.8. The van der Waals surface area contributed by atoms with Crippen LogP contribution in [0.3, 0.4) is 0 Å². The molecule has 0 spiro atoms. The van der Waals surface area contributed by atoms with E-state index >= 15 is 0 Å². The molecule has 0 aliphatic heterocycles. The third kappa shape index (κ3) is 5.00. The zero-order chi connectivity index (χ0) is 39.3. The molecule has 0 unspecified atom stereocenters. The van der Waals surface area contributed by atoms with Crippen LogP contribution in [0.2, 0.25) is 0 Å². The molecule has 1 aliphatic rings. The third-order valence-electron chi connectivity index (χ3n) is 12.2. The van der Waals surface area contributed by atoms with Crippen molar-refractivity contribution in [1.29, 1.82) is 0 Å². The van der Waals surface area contributed by atoms with Crippen LogP contribution in [-0.4, -0.2) is 19.5 Å². The molecule has 0 saturated heterocycles. The second kappa shape index (κ2) is 12.9. The van der Waals surface area contributed by atoms with Gasteiger partial charge >= 0.3 is 0 Å². The SMILES string of the molecule is c1ccc(-c2nc(-c3cccc(-c4ccc5c(c4)sc4c6cccc7c6c(cc54)-c4ccccc4-7)c3)nc(-c3ccc4c5ccccc5n(-c5ccccc5)c4c3)n2)cc1. The van der Waals surface area contributed by atoms with Crippen LogP contribution in [0.15, 0.2) is 194 Å². The van der Waals surface area contributed by atoms with Gasteiger partial charge in [-0.05, 0) is 81.2 Å². The minimum atomic E-state index is 0.633. The van der Waals surface area contributed by atoms with Gasteiger partial charge in [-0.1, -0.05) is 152 Å². The fourth-order valence-corrected chi connectivity index (χ4v) is 10.7. The Hall–Kier alpha value is -7.73.